The van der Waals surface area contributed by atoms with Crippen LogP contribution in [0.2, 0.25) is 5.02 Å². The third-order valence-electron chi connectivity index (χ3n) is 4.30. The minimum absolute atomic E-state index is 0.178. The summed E-state index contributed by atoms with van der Waals surface area (Å²) in [6.45, 7) is 2.62. The van der Waals surface area contributed by atoms with Crippen molar-refractivity contribution < 1.29 is 9.59 Å². The number of likely N-dealkylation sites (tertiary alicyclic amines) is 1. The number of benzene rings is 1. The second-order valence-electron chi connectivity index (χ2n) is 6.08. The topological polar surface area (TPSA) is 92.1 Å². The number of carbonyl (C=O) groups excluding carboxylic acids is 2. The van der Waals surface area contributed by atoms with Gasteiger partial charge < -0.3 is 10.6 Å². The van der Waals surface area contributed by atoms with Gasteiger partial charge in [-0.05, 0) is 31.5 Å². The van der Waals surface area contributed by atoms with E-state index < -0.39 is 5.41 Å². The first-order valence-electron chi connectivity index (χ1n) is 7.30. The van der Waals surface area contributed by atoms with Crippen LogP contribution < -0.4 is 5.73 Å². The number of nitrogens with one attached hydrogen (secondary N) is 1. The first-order chi connectivity index (χ1) is 10.9. The molecule has 1 atom stereocenters. The highest BCUT2D eigenvalue weighted by atomic mass is 35.5. The lowest BCUT2D eigenvalue weighted by molar-refractivity contribution is -0.126. The van der Waals surface area contributed by atoms with E-state index >= 15 is 0 Å². The molecule has 1 fully saturated rings. The Labute approximate surface area is 138 Å². The molecule has 1 aliphatic heterocycles. The van der Waals surface area contributed by atoms with Gasteiger partial charge in [-0.1, -0.05) is 23.7 Å². The van der Waals surface area contributed by atoms with Crippen molar-refractivity contribution in [1.29, 1.82) is 0 Å². The van der Waals surface area contributed by atoms with Crippen LogP contribution in [0.25, 0.3) is 11.3 Å². The Balaban J connectivity index is 1.77. The van der Waals surface area contributed by atoms with Gasteiger partial charge in [-0.3, -0.25) is 14.7 Å². The number of nitrogens with zero attached hydrogens (tertiary/aromatic N) is 2. The van der Waals surface area contributed by atoms with Crippen LogP contribution in [0.15, 0.2) is 30.3 Å². The van der Waals surface area contributed by atoms with Gasteiger partial charge in [-0.15, -0.1) is 0 Å². The number of primary amides is 1. The van der Waals surface area contributed by atoms with Gasteiger partial charge in [-0.2, -0.15) is 5.10 Å². The van der Waals surface area contributed by atoms with Gasteiger partial charge in [0.1, 0.15) is 5.69 Å². The summed E-state index contributed by atoms with van der Waals surface area (Å²) >= 11 is 5.87. The minimum Gasteiger partial charge on any atom is -0.369 e. The molecule has 2 heterocycles. The van der Waals surface area contributed by atoms with Crippen molar-refractivity contribution in [1.82, 2.24) is 15.1 Å². The molecule has 23 heavy (non-hydrogen) atoms. The number of hydrogen-bond donors (Lipinski definition) is 2. The lowest BCUT2D eigenvalue weighted by Gasteiger charge is -2.20. The van der Waals surface area contributed by atoms with Crippen molar-refractivity contribution in [3.8, 4) is 11.3 Å². The van der Waals surface area contributed by atoms with E-state index in [4.69, 9.17) is 17.3 Å². The molecular formula is C16H17ClN4O2. The van der Waals surface area contributed by atoms with Crippen LogP contribution in [0.5, 0.6) is 0 Å². The average Bonchev–Trinajstić information content (AvgIpc) is 3.15. The second-order valence-corrected chi connectivity index (χ2v) is 6.51. The second kappa shape index (κ2) is 5.70. The number of amides is 2. The molecule has 0 bridgehead atoms. The summed E-state index contributed by atoms with van der Waals surface area (Å²) in [4.78, 5) is 25.7. The van der Waals surface area contributed by atoms with E-state index in [2.05, 4.69) is 10.2 Å². The fourth-order valence-electron chi connectivity index (χ4n) is 2.71. The molecule has 3 rings (SSSR count). The van der Waals surface area contributed by atoms with Gasteiger partial charge >= 0.3 is 0 Å². The van der Waals surface area contributed by atoms with E-state index in [1.54, 1.807) is 30.0 Å². The van der Waals surface area contributed by atoms with Gasteiger partial charge in [0.15, 0.2) is 0 Å². The molecule has 0 radical (unpaired) electrons. The van der Waals surface area contributed by atoms with Gasteiger partial charge in [0, 0.05) is 23.7 Å². The molecule has 0 aliphatic carbocycles. The van der Waals surface area contributed by atoms with Crippen molar-refractivity contribution in [2.24, 2.45) is 11.1 Å². The SMILES string of the molecule is C[C@@]1(C(N)=O)CCN(C(=O)c2cc(-c3ccc(Cl)cc3)n[nH]2)C1. The zero-order valence-electron chi connectivity index (χ0n) is 12.7. The van der Waals surface area contributed by atoms with Crippen molar-refractivity contribution in [3.05, 3.63) is 41.0 Å². The molecule has 7 heteroatoms. The maximum absolute atomic E-state index is 12.5. The zero-order valence-corrected chi connectivity index (χ0v) is 13.4. The summed E-state index contributed by atoms with van der Waals surface area (Å²) < 4.78 is 0. The summed E-state index contributed by atoms with van der Waals surface area (Å²) in [6.07, 6.45) is 0.576. The van der Waals surface area contributed by atoms with Crippen molar-refractivity contribution >= 4 is 23.4 Å². The van der Waals surface area contributed by atoms with Crippen LogP contribution in [0.1, 0.15) is 23.8 Å². The van der Waals surface area contributed by atoms with Gasteiger partial charge in [-0.25, -0.2) is 0 Å². The lowest BCUT2D eigenvalue weighted by Crippen LogP contribution is -2.38. The molecule has 1 aromatic carbocycles. The van der Waals surface area contributed by atoms with E-state index in [1.165, 1.54) is 0 Å². The number of nitrogens with two attached hydrogens (primary N) is 1. The lowest BCUT2D eigenvalue weighted by atomic mass is 9.89. The number of aromatic amines is 1. The zero-order chi connectivity index (χ0) is 16.6. The number of rotatable bonds is 3. The van der Waals surface area contributed by atoms with E-state index in [0.717, 1.165) is 5.56 Å². The average molecular weight is 333 g/mol. The monoisotopic (exact) mass is 332 g/mol. The van der Waals surface area contributed by atoms with Gasteiger partial charge in [0.25, 0.3) is 5.91 Å². The molecule has 0 saturated carbocycles. The Bertz CT molecular complexity index is 756. The van der Waals surface area contributed by atoms with Crippen LogP contribution in [-0.2, 0) is 4.79 Å². The molecule has 6 nitrogen and oxygen atoms in total. The third-order valence-corrected chi connectivity index (χ3v) is 4.56. The minimum atomic E-state index is -0.658. The largest absolute Gasteiger partial charge is 0.369 e. The van der Waals surface area contributed by atoms with Crippen LogP contribution in [0.3, 0.4) is 0 Å². The van der Waals surface area contributed by atoms with E-state index in [-0.39, 0.29) is 11.8 Å². The number of hydrogen-bond acceptors (Lipinski definition) is 3. The fourth-order valence-corrected chi connectivity index (χ4v) is 2.83. The highest BCUT2D eigenvalue weighted by Gasteiger charge is 2.41. The van der Waals surface area contributed by atoms with Crippen LogP contribution in [0, 0.1) is 5.41 Å². The Hall–Kier alpha value is -2.34. The van der Waals surface area contributed by atoms with E-state index in [1.807, 2.05) is 12.1 Å². The molecule has 2 amide bonds. The molecule has 1 saturated heterocycles. The Morgan fingerprint density at radius 3 is 2.65 bits per heavy atom. The number of halogens is 1. The Morgan fingerprint density at radius 1 is 1.35 bits per heavy atom. The van der Waals surface area contributed by atoms with Crippen LogP contribution in [0.4, 0.5) is 0 Å². The maximum atomic E-state index is 12.5. The molecule has 2 aromatic rings. The maximum Gasteiger partial charge on any atom is 0.271 e. The summed E-state index contributed by atoms with van der Waals surface area (Å²) in [6, 6.07) is 8.92. The van der Waals surface area contributed by atoms with Crippen LogP contribution >= 0.6 is 11.6 Å². The van der Waals surface area contributed by atoms with Crippen molar-refractivity contribution in [2.45, 2.75) is 13.3 Å². The quantitative estimate of drug-likeness (QED) is 0.901. The molecular weight excluding hydrogens is 316 g/mol. The molecule has 1 aromatic heterocycles. The molecule has 3 N–H and O–H groups in total. The van der Waals surface area contributed by atoms with E-state index in [9.17, 15) is 9.59 Å². The first kappa shape index (κ1) is 15.6. The highest BCUT2D eigenvalue weighted by molar-refractivity contribution is 6.30. The van der Waals surface area contributed by atoms with E-state index in [0.29, 0.717) is 35.9 Å². The van der Waals surface area contributed by atoms with Crippen molar-refractivity contribution in [3.63, 3.8) is 0 Å². The smallest absolute Gasteiger partial charge is 0.271 e. The fraction of sp³-hybridized carbons (Fsp3) is 0.312. The molecule has 120 valence electrons. The number of carbonyl (C=O) groups is 2. The predicted molar refractivity (Wildman–Crippen MR) is 86.9 cm³/mol. The Morgan fingerprint density at radius 2 is 2.04 bits per heavy atom. The first-order valence-corrected chi connectivity index (χ1v) is 7.67. The molecule has 0 unspecified atom stereocenters. The van der Waals surface area contributed by atoms with Crippen molar-refractivity contribution in [2.75, 3.05) is 13.1 Å². The standard InChI is InChI=1S/C16H17ClN4O2/c1-16(15(18)23)6-7-21(9-16)14(22)13-8-12(19-20-13)10-2-4-11(17)5-3-10/h2-5,8H,6-7,9H2,1H3,(H2,18,23)(H,19,20)/t16-/m1/s1. The summed E-state index contributed by atoms with van der Waals surface area (Å²) in [5, 5.41) is 7.58. The third kappa shape index (κ3) is 2.94. The highest BCUT2D eigenvalue weighted by Crippen LogP contribution is 2.30. The summed E-state index contributed by atoms with van der Waals surface area (Å²) in [7, 11) is 0. The summed E-state index contributed by atoms with van der Waals surface area (Å²) in [5.74, 6) is -0.554. The van der Waals surface area contributed by atoms with Gasteiger partial charge in [0.05, 0.1) is 11.1 Å². The van der Waals surface area contributed by atoms with Crippen LogP contribution in [-0.4, -0.2) is 40.0 Å². The Kier molecular flexibility index (Phi) is 3.85. The summed E-state index contributed by atoms with van der Waals surface area (Å²) in [5.41, 5.74) is 6.69. The normalized spacial score (nSPS) is 20.7. The molecule has 1 aliphatic rings. The number of H-pyrrole nitrogens is 1. The predicted octanol–water partition coefficient (Wildman–Crippen LogP) is 2.07. The van der Waals surface area contributed by atoms with Gasteiger partial charge in [0.2, 0.25) is 5.91 Å². The number of aromatic nitrogens is 2. The molecule has 0 spiro atoms.